The van der Waals surface area contributed by atoms with E-state index in [2.05, 4.69) is 29.5 Å². The zero-order valence-electron chi connectivity index (χ0n) is 14.2. The summed E-state index contributed by atoms with van der Waals surface area (Å²) in [6.07, 6.45) is 2.60. The Morgan fingerprint density at radius 1 is 1.24 bits per heavy atom. The van der Waals surface area contributed by atoms with Crippen molar-refractivity contribution in [2.75, 3.05) is 10.3 Å². The van der Waals surface area contributed by atoms with Gasteiger partial charge in [0.25, 0.3) is 5.91 Å². The van der Waals surface area contributed by atoms with Crippen molar-refractivity contribution in [3.8, 4) is 6.07 Å². The van der Waals surface area contributed by atoms with E-state index in [9.17, 15) is 4.79 Å². The number of aryl methyl sites for hydroxylation is 1. The van der Waals surface area contributed by atoms with Gasteiger partial charge in [-0.2, -0.15) is 15.4 Å². The van der Waals surface area contributed by atoms with E-state index >= 15 is 0 Å². The number of nitriles is 1. The number of hydrogen-bond acceptors (Lipinski definition) is 4. The molecule has 1 N–H and O–H groups in total. The van der Waals surface area contributed by atoms with Gasteiger partial charge in [0.1, 0.15) is 0 Å². The summed E-state index contributed by atoms with van der Waals surface area (Å²) >= 11 is 0. The van der Waals surface area contributed by atoms with Gasteiger partial charge in [0.15, 0.2) is 0 Å². The summed E-state index contributed by atoms with van der Waals surface area (Å²) in [5.74, 6) is -0.214. The van der Waals surface area contributed by atoms with Gasteiger partial charge in [0.05, 0.1) is 28.6 Å². The highest BCUT2D eigenvalue weighted by Gasteiger charge is 2.28. The molecule has 124 valence electrons. The number of amides is 1. The van der Waals surface area contributed by atoms with Crippen molar-refractivity contribution in [1.29, 1.82) is 5.26 Å². The Kier molecular flexibility index (Phi) is 4.62. The molecule has 0 bridgehead atoms. The molecule has 0 aromatic heterocycles. The Balaban J connectivity index is 1.86. The van der Waals surface area contributed by atoms with Gasteiger partial charge in [-0.05, 0) is 43.2 Å². The maximum Gasteiger partial charge on any atom is 0.282 e. The summed E-state index contributed by atoms with van der Waals surface area (Å²) in [6.45, 7) is 3.89. The van der Waals surface area contributed by atoms with Crippen LogP contribution in [0.1, 0.15) is 25.0 Å². The van der Waals surface area contributed by atoms with E-state index in [1.807, 2.05) is 18.2 Å². The van der Waals surface area contributed by atoms with Crippen LogP contribution < -0.4 is 10.3 Å². The minimum Gasteiger partial charge on any atom is -0.361 e. The normalized spacial score (nSPS) is 15.2. The third-order valence-corrected chi connectivity index (χ3v) is 4.05. The molecule has 1 heterocycles. The van der Waals surface area contributed by atoms with Crippen LogP contribution >= 0.6 is 0 Å². The molecule has 0 aliphatic carbocycles. The van der Waals surface area contributed by atoms with Crippen LogP contribution in [0.5, 0.6) is 0 Å². The smallest absolute Gasteiger partial charge is 0.282 e. The van der Waals surface area contributed by atoms with Crippen molar-refractivity contribution in [1.82, 2.24) is 0 Å². The number of hydrazone groups is 1. The fraction of sp³-hybridized carbons (Fsp3) is 0.150. The number of carbonyl (C=O) groups excluding carboxylic acids is 1. The van der Waals surface area contributed by atoms with Gasteiger partial charge in [0.2, 0.25) is 0 Å². The standard InChI is InChI=1S/C20H18N4O/c1-3-16-8-4-5-10-19(16)22-13-18-14(2)23-24(20(18)25)17-9-6-7-15(11-17)12-21/h4-11,13,22H,3H2,1-2H3/b18-13+. The van der Waals surface area contributed by atoms with Crippen LogP contribution in [0.25, 0.3) is 0 Å². The van der Waals surface area contributed by atoms with E-state index < -0.39 is 0 Å². The van der Waals surface area contributed by atoms with Crippen LogP contribution in [0.3, 0.4) is 0 Å². The number of para-hydroxylation sites is 1. The van der Waals surface area contributed by atoms with Gasteiger partial charge in [-0.3, -0.25) is 4.79 Å². The zero-order chi connectivity index (χ0) is 17.8. The van der Waals surface area contributed by atoms with Gasteiger partial charge >= 0.3 is 0 Å². The lowest BCUT2D eigenvalue weighted by Gasteiger charge is -2.12. The largest absolute Gasteiger partial charge is 0.361 e. The number of rotatable bonds is 4. The van der Waals surface area contributed by atoms with Gasteiger partial charge < -0.3 is 5.32 Å². The second-order valence-corrected chi connectivity index (χ2v) is 5.68. The predicted molar refractivity (Wildman–Crippen MR) is 99.3 cm³/mol. The number of hydrogen-bond donors (Lipinski definition) is 1. The topological polar surface area (TPSA) is 68.5 Å². The molecule has 0 atom stereocenters. The average Bonchev–Trinajstić information content (AvgIpc) is 2.94. The summed E-state index contributed by atoms with van der Waals surface area (Å²) in [6, 6.07) is 16.9. The first kappa shape index (κ1) is 16.5. The predicted octanol–water partition coefficient (Wildman–Crippen LogP) is 3.84. The molecule has 0 saturated carbocycles. The molecular weight excluding hydrogens is 312 g/mol. The molecule has 1 amide bonds. The van der Waals surface area contributed by atoms with E-state index in [4.69, 9.17) is 5.26 Å². The number of benzene rings is 2. The highest BCUT2D eigenvalue weighted by molar-refractivity contribution is 6.29. The van der Waals surface area contributed by atoms with Gasteiger partial charge in [0, 0.05) is 11.9 Å². The third kappa shape index (κ3) is 3.29. The van der Waals surface area contributed by atoms with Crippen molar-refractivity contribution in [2.24, 2.45) is 5.10 Å². The number of nitrogens with zero attached hydrogens (tertiary/aromatic N) is 3. The Morgan fingerprint density at radius 3 is 2.80 bits per heavy atom. The molecule has 2 aromatic rings. The molecule has 1 aliphatic heterocycles. The first-order valence-corrected chi connectivity index (χ1v) is 8.09. The van der Waals surface area contributed by atoms with Crippen molar-refractivity contribution in [3.63, 3.8) is 0 Å². The summed E-state index contributed by atoms with van der Waals surface area (Å²) < 4.78 is 0. The quantitative estimate of drug-likeness (QED) is 0.866. The lowest BCUT2D eigenvalue weighted by atomic mass is 10.1. The lowest BCUT2D eigenvalue weighted by Crippen LogP contribution is -2.21. The van der Waals surface area contributed by atoms with Crippen LogP contribution in [0.15, 0.2) is 65.4 Å². The number of carbonyl (C=O) groups is 1. The summed E-state index contributed by atoms with van der Waals surface area (Å²) in [5, 5.41) is 17.9. The Bertz CT molecular complexity index is 921. The van der Waals surface area contributed by atoms with Crippen LogP contribution in [0.2, 0.25) is 0 Å². The lowest BCUT2D eigenvalue weighted by molar-refractivity contribution is -0.114. The monoisotopic (exact) mass is 330 g/mol. The van der Waals surface area contributed by atoms with Crippen LogP contribution in [0, 0.1) is 11.3 Å². The van der Waals surface area contributed by atoms with Crippen LogP contribution in [0.4, 0.5) is 11.4 Å². The van der Waals surface area contributed by atoms with Crippen molar-refractivity contribution >= 4 is 23.0 Å². The highest BCUT2D eigenvalue weighted by Crippen LogP contribution is 2.25. The molecule has 5 heteroatoms. The molecule has 0 spiro atoms. The van der Waals surface area contributed by atoms with Gasteiger partial charge in [-0.25, -0.2) is 0 Å². The number of nitrogens with one attached hydrogen (secondary N) is 1. The van der Waals surface area contributed by atoms with Crippen LogP contribution in [-0.2, 0) is 11.2 Å². The van der Waals surface area contributed by atoms with E-state index in [-0.39, 0.29) is 5.91 Å². The maximum absolute atomic E-state index is 12.7. The Hall–Kier alpha value is -3.39. The molecule has 1 aliphatic rings. The Morgan fingerprint density at radius 2 is 2.04 bits per heavy atom. The average molecular weight is 330 g/mol. The van der Waals surface area contributed by atoms with E-state index in [1.165, 1.54) is 10.6 Å². The molecule has 0 radical (unpaired) electrons. The fourth-order valence-electron chi connectivity index (χ4n) is 2.69. The molecule has 0 saturated heterocycles. The summed E-state index contributed by atoms with van der Waals surface area (Å²) in [5.41, 5.74) is 4.37. The molecule has 0 fully saturated rings. The van der Waals surface area contributed by atoms with Crippen molar-refractivity contribution in [2.45, 2.75) is 20.3 Å². The Labute approximate surface area is 146 Å². The summed E-state index contributed by atoms with van der Waals surface area (Å²) in [4.78, 5) is 12.7. The first-order chi connectivity index (χ1) is 12.1. The minimum atomic E-state index is -0.214. The molecule has 3 rings (SSSR count). The van der Waals surface area contributed by atoms with E-state index in [0.717, 1.165) is 12.1 Å². The third-order valence-electron chi connectivity index (χ3n) is 4.05. The molecule has 25 heavy (non-hydrogen) atoms. The zero-order valence-corrected chi connectivity index (χ0v) is 14.2. The van der Waals surface area contributed by atoms with E-state index in [1.54, 1.807) is 37.4 Å². The van der Waals surface area contributed by atoms with Crippen molar-refractivity contribution < 1.29 is 4.79 Å². The molecule has 0 unspecified atom stereocenters. The second-order valence-electron chi connectivity index (χ2n) is 5.68. The second kappa shape index (κ2) is 7.02. The van der Waals surface area contributed by atoms with Crippen LogP contribution in [-0.4, -0.2) is 11.6 Å². The SMILES string of the molecule is CCc1ccccc1N/C=C1/C(=O)N(c2cccc(C#N)c2)N=C1C. The van der Waals surface area contributed by atoms with E-state index in [0.29, 0.717) is 22.5 Å². The highest BCUT2D eigenvalue weighted by atomic mass is 16.2. The number of anilines is 2. The summed E-state index contributed by atoms with van der Waals surface area (Å²) in [7, 11) is 0. The van der Waals surface area contributed by atoms with Crippen molar-refractivity contribution in [3.05, 3.63) is 71.4 Å². The van der Waals surface area contributed by atoms with Gasteiger partial charge in [-0.15, -0.1) is 0 Å². The minimum absolute atomic E-state index is 0.214. The fourth-order valence-corrected chi connectivity index (χ4v) is 2.69. The molecule has 5 nitrogen and oxygen atoms in total. The molecular formula is C20H18N4O. The maximum atomic E-state index is 12.7. The molecule has 2 aromatic carbocycles. The van der Waals surface area contributed by atoms with Gasteiger partial charge in [-0.1, -0.05) is 31.2 Å². The first-order valence-electron chi connectivity index (χ1n) is 8.09.